The van der Waals surface area contributed by atoms with Crippen LogP contribution in [0.25, 0.3) is 0 Å². The highest BCUT2D eigenvalue weighted by atomic mass is 14.9. The van der Waals surface area contributed by atoms with Gasteiger partial charge in [0.25, 0.3) is 0 Å². The molecule has 0 amide bonds. The van der Waals surface area contributed by atoms with Crippen LogP contribution in [-0.4, -0.2) is 17.6 Å². The van der Waals surface area contributed by atoms with E-state index in [1.165, 1.54) is 37.7 Å². The first-order valence-corrected chi connectivity index (χ1v) is 6.97. The number of hydrogen-bond donors (Lipinski definition) is 1. The maximum Gasteiger partial charge on any atom is 0.0270 e. The Balaban J connectivity index is 1.68. The van der Waals surface area contributed by atoms with Gasteiger partial charge in [-0.1, -0.05) is 19.8 Å². The van der Waals surface area contributed by atoms with Crippen molar-refractivity contribution < 1.29 is 0 Å². The molecule has 2 atom stereocenters. The fourth-order valence-corrected chi connectivity index (χ4v) is 2.66. The molecule has 2 unspecified atom stereocenters. The van der Waals surface area contributed by atoms with Crippen molar-refractivity contribution in [2.75, 3.05) is 6.54 Å². The quantitative estimate of drug-likeness (QED) is 0.806. The minimum absolute atomic E-state index is 0.752. The number of nitrogens with one attached hydrogen (secondary N) is 1. The van der Waals surface area contributed by atoms with Gasteiger partial charge in [0.2, 0.25) is 0 Å². The maximum absolute atomic E-state index is 4.04. The predicted molar refractivity (Wildman–Crippen MR) is 72.0 cm³/mol. The summed E-state index contributed by atoms with van der Waals surface area (Å²) >= 11 is 0. The molecule has 17 heavy (non-hydrogen) atoms. The summed E-state index contributed by atoms with van der Waals surface area (Å²) in [5, 5.41) is 3.71. The average molecular weight is 232 g/mol. The Hall–Kier alpha value is -0.890. The highest BCUT2D eigenvalue weighted by molar-refractivity contribution is 5.09. The van der Waals surface area contributed by atoms with Gasteiger partial charge in [-0.2, -0.15) is 0 Å². The molecular weight excluding hydrogens is 208 g/mol. The molecule has 1 fully saturated rings. The van der Waals surface area contributed by atoms with Crippen LogP contribution in [0.15, 0.2) is 24.5 Å². The van der Waals surface area contributed by atoms with E-state index >= 15 is 0 Å². The molecule has 94 valence electrons. The molecular formula is C15H24N2. The Morgan fingerprint density at radius 1 is 1.18 bits per heavy atom. The van der Waals surface area contributed by atoms with Crippen LogP contribution in [0.1, 0.15) is 44.6 Å². The van der Waals surface area contributed by atoms with Crippen molar-refractivity contribution in [2.24, 2.45) is 5.92 Å². The second-order valence-corrected chi connectivity index (χ2v) is 5.37. The lowest BCUT2D eigenvalue weighted by atomic mass is 10.0. The summed E-state index contributed by atoms with van der Waals surface area (Å²) in [6.45, 7) is 3.49. The van der Waals surface area contributed by atoms with Gasteiger partial charge >= 0.3 is 0 Å². The highest BCUT2D eigenvalue weighted by Gasteiger charge is 2.15. The topological polar surface area (TPSA) is 24.9 Å². The summed E-state index contributed by atoms with van der Waals surface area (Å²) in [6, 6.07) is 4.97. The van der Waals surface area contributed by atoms with Crippen LogP contribution in [0.5, 0.6) is 0 Å². The Morgan fingerprint density at radius 3 is 2.82 bits per heavy atom. The summed E-state index contributed by atoms with van der Waals surface area (Å²) in [5.74, 6) is 0.932. The van der Waals surface area contributed by atoms with Crippen LogP contribution in [0, 0.1) is 5.92 Å². The fourth-order valence-electron chi connectivity index (χ4n) is 2.66. The van der Waals surface area contributed by atoms with Crippen molar-refractivity contribution in [2.45, 2.75) is 51.5 Å². The Bertz CT molecular complexity index is 310. The second kappa shape index (κ2) is 6.75. The van der Waals surface area contributed by atoms with Crippen LogP contribution < -0.4 is 5.32 Å². The highest BCUT2D eigenvalue weighted by Crippen LogP contribution is 2.22. The van der Waals surface area contributed by atoms with Gasteiger partial charge in [0.15, 0.2) is 0 Å². The van der Waals surface area contributed by atoms with Crippen LogP contribution in [-0.2, 0) is 6.42 Å². The Labute approximate surface area is 105 Å². The van der Waals surface area contributed by atoms with E-state index in [1.807, 2.05) is 12.4 Å². The lowest BCUT2D eigenvalue weighted by Gasteiger charge is -2.16. The minimum atomic E-state index is 0.752. The number of rotatable bonds is 4. The molecule has 2 nitrogen and oxygen atoms in total. The SMILES string of the molecule is CC1CCCC(NCCc2ccncc2)CC1. The van der Waals surface area contributed by atoms with E-state index in [0.717, 1.165) is 24.9 Å². The van der Waals surface area contributed by atoms with Crippen LogP contribution in [0.2, 0.25) is 0 Å². The molecule has 1 aromatic rings. The van der Waals surface area contributed by atoms with Gasteiger partial charge < -0.3 is 5.32 Å². The molecule has 1 aromatic heterocycles. The van der Waals surface area contributed by atoms with E-state index in [-0.39, 0.29) is 0 Å². The summed E-state index contributed by atoms with van der Waals surface area (Å²) in [5.41, 5.74) is 1.38. The summed E-state index contributed by atoms with van der Waals surface area (Å²) in [6.07, 6.45) is 11.8. The molecule has 1 aliphatic carbocycles. The van der Waals surface area contributed by atoms with Gasteiger partial charge in [0.1, 0.15) is 0 Å². The van der Waals surface area contributed by atoms with Gasteiger partial charge in [0.05, 0.1) is 0 Å². The first-order chi connectivity index (χ1) is 8.34. The van der Waals surface area contributed by atoms with Crippen molar-refractivity contribution >= 4 is 0 Å². The van der Waals surface area contributed by atoms with Gasteiger partial charge in [-0.15, -0.1) is 0 Å². The summed E-state index contributed by atoms with van der Waals surface area (Å²) in [7, 11) is 0. The molecule has 1 saturated carbocycles. The van der Waals surface area contributed by atoms with Crippen LogP contribution in [0.4, 0.5) is 0 Å². The zero-order chi connectivity index (χ0) is 11.9. The monoisotopic (exact) mass is 232 g/mol. The van der Waals surface area contributed by atoms with E-state index in [1.54, 1.807) is 0 Å². The summed E-state index contributed by atoms with van der Waals surface area (Å²) < 4.78 is 0. The first-order valence-electron chi connectivity index (χ1n) is 6.97. The number of nitrogens with zero attached hydrogens (tertiary/aromatic N) is 1. The third-order valence-electron chi connectivity index (χ3n) is 3.85. The van der Waals surface area contributed by atoms with Crippen molar-refractivity contribution in [3.05, 3.63) is 30.1 Å². The largest absolute Gasteiger partial charge is 0.314 e. The zero-order valence-corrected chi connectivity index (χ0v) is 10.9. The normalized spacial score (nSPS) is 25.5. The molecule has 0 aliphatic heterocycles. The van der Waals surface area contributed by atoms with Gasteiger partial charge in [-0.3, -0.25) is 4.98 Å². The van der Waals surface area contributed by atoms with E-state index in [9.17, 15) is 0 Å². The van der Waals surface area contributed by atoms with Gasteiger partial charge in [-0.05, 0) is 55.8 Å². The van der Waals surface area contributed by atoms with Crippen molar-refractivity contribution in [3.63, 3.8) is 0 Å². The molecule has 0 radical (unpaired) electrons. The lowest BCUT2D eigenvalue weighted by Crippen LogP contribution is -2.30. The molecule has 1 N–H and O–H groups in total. The number of pyridine rings is 1. The summed E-state index contributed by atoms with van der Waals surface area (Å²) in [4.78, 5) is 4.04. The van der Waals surface area contributed by atoms with Crippen molar-refractivity contribution in [1.29, 1.82) is 0 Å². The van der Waals surface area contributed by atoms with E-state index in [0.29, 0.717) is 0 Å². The standard InChI is InChI=1S/C15H24N2/c1-13-3-2-4-15(6-5-13)17-12-9-14-7-10-16-11-8-14/h7-8,10-11,13,15,17H,2-6,9,12H2,1H3. The van der Waals surface area contributed by atoms with E-state index < -0.39 is 0 Å². The number of hydrogen-bond acceptors (Lipinski definition) is 2. The second-order valence-electron chi connectivity index (χ2n) is 5.37. The minimum Gasteiger partial charge on any atom is -0.314 e. The Morgan fingerprint density at radius 2 is 2.00 bits per heavy atom. The molecule has 2 heteroatoms. The molecule has 0 saturated heterocycles. The smallest absolute Gasteiger partial charge is 0.0270 e. The molecule has 0 spiro atoms. The average Bonchev–Trinajstić information content (AvgIpc) is 2.56. The maximum atomic E-state index is 4.04. The molecule has 1 aliphatic rings. The third-order valence-corrected chi connectivity index (χ3v) is 3.85. The zero-order valence-electron chi connectivity index (χ0n) is 10.9. The lowest BCUT2D eigenvalue weighted by molar-refractivity contribution is 0.450. The van der Waals surface area contributed by atoms with E-state index in [2.05, 4.69) is 29.4 Å². The Kier molecular flexibility index (Phi) is 4.99. The van der Waals surface area contributed by atoms with Crippen molar-refractivity contribution in [3.8, 4) is 0 Å². The van der Waals surface area contributed by atoms with Gasteiger partial charge in [-0.25, -0.2) is 0 Å². The van der Waals surface area contributed by atoms with Gasteiger partial charge in [0, 0.05) is 18.4 Å². The van der Waals surface area contributed by atoms with Crippen molar-refractivity contribution in [1.82, 2.24) is 10.3 Å². The van der Waals surface area contributed by atoms with Crippen LogP contribution >= 0.6 is 0 Å². The third kappa shape index (κ3) is 4.47. The first kappa shape index (κ1) is 12.6. The molecule has 0 aromatic carbocycles. The molecule has 2 rings (SSSR count). The number of aromatic nitrogens is 1. The van der Waals surface area contributed by atoms with Crippen LogP contribution in [0.3, 0.4) is 0 Å². The fraction of sp³-hybridized carbons (Fsp3) is 0.667. The predicted octanol–water partition coefficient (Wildman–Crippen LogP) is 3.18. The van der Waals surface area contributed by atoms with E-state index in [4.69, 9.17) is 0 Å². The molecule has 0 bridgehead atoms. The molecule has 1 heterocycles.